The molecular formula is C16H22N2O2. The summed E-state index contributed by atoms with van der Waals surface area (Å²) in [7, 11) is 1.41. The molecule has 4 nitrogen and oxygen atoms in total. The molecule has 108 valence electrons. The number of aromatic nitrogens is 1. The Labute approximate surface area is 120 Å². The average molecular weight is 274 g/mol. The molecule has 1 saturated heterocycles. The highest BCUT2D eigenvalue weighted by atomic mass is 16.5. The van der Waals surface area contributed by atoms with E-state index in [0.29, 0.717) is 11.0 Å². The van der Waals surface area contributed by atoms with Crippen molar-refractivity contribution in [3.05, 3.63) is 23.9 Å². The molecule has 4 heteroatoms. The summed E-state index contributed by atoms with van der Waals surface area (Å²) in [5.74, 6) is 0.610. The summed E-state index contributed by atoms with van der Waals surface area (Å²) in [6.07, 6.45) is 9.81. The highest BCUT2D eigenvalue weighted by molar-refractivity contribution is 5.90. The van der Waals surface area contributed by atoms with Crippen LogP contribution in [0.25, 0.3) is 0 Å². The maximum atomic E-state index is 11.6. The highest BCUT2D eigenvalue weighted by Crippen LogP contribution is 2.46. The molecule has 1 saturated carbocycles. The number of nitrogens with zero attached hydrogens (tertiary/aromatic N) is 2. The standard InChI is InChI=1S/C16H22N2O2/c1-20-15(19)13-4-9-17-14(12-13)18-10-7-16(8-11-18)5-2-3-6-16/h4,9,12H,2-3,5-8,10-11H2,1H3. The Hall–Kier alpha value is -1.58. The Kier molecular flexibility index (Phi) is 3.64. The monoisotopic (exact) mass is 274 g/mol. The zero-order chi connectivity index (χ0) is 14.0. The van der Waals surface area contributed by atoms with Crippen LogP contribution in [-0.4, -0.2) is 31.2 Å². The Morgan fingerprint density at radius 2 is 1.95 bits per heavy atom. The van der Waals surface area contributed by atoms with Crippen LogP contribution >= 0.6 is 0 Å². The number of pyridine rings is 1. The first-order valence-electron chi connectivity index (χ1n) is 7.52. The van der Waals surface area contributed by atoms with Gasteiger partial charge in [-0.1, -0.05) is 12.8 Å². The minimum atomic E-state index is -0.294. The molecule has 0 N–H and O–H groups in total. The second kappa shape index (κ2) is 5.43. The summed E-state index contributed by atoms with van der Waals surface area (Å²) >= 11 is 0. The third-order valence-corrected chi connectivity index (χ3v) is 4.98. The predicted molar refractivity (Wildman–Crippen MR) is 77.9 cm³/mol. The number of rotatable bonds is 2. The molecule has 0 atom stereocenters. The van der Waals surface area contributed by atoms with E-state index >= 15 is 0 Å². The van der Waals surface area contributed by atoms with Gasteiger partial charge in [0, 0.05) is 19.3 Å². The summed E-state index contributed by atoms with van der Waals surface area (Å²) in [6.45, 7) is 2.11. The molecule has 2 fully saturated rings. The third-order valence-electron chi connectivity index (χ3n) is 4.98. The lowest BCUT2D eigenvalue weighted by Crippen LogP contribution is -2.39. The van der Waals surface area contributed by atoms with E-state index in [-0.39, 0.29) is 5.97 Å². The lowest BCUT2D eigenvalue weighted by molar-refractivity contribution is 0.0600. The van der Waals surface area contributed by atoms with Gasteiger partial charge < -0.3 is 9.64 Å². The van der Waals surface area contributed by atoms with Crippen molar-refractivity contribution >= 4 is 11.8 Å². The molecule has 1 spiro atoms. The van der Waals surface area contributed by atoms with E-state index < -0.39 is 0 Å². The molecular weight excluding hydrogens is 252 g/mol. The van der Waals surface area contributed by atoms with Crippen molar-refractivity contribution in [3.8, 4) is 0 Å². The van der Waals surface area contributed by atoms with Crippen LogP contribution in [0.15, 0.2) is 18.3 Å². The number of esters is 1. The van der Waals surface area contributed by atoms with Gasteiger partial charge in [-0.05, 0) is 43.2 Å². The molecule has 1 aliphatic carbocycles. The van der Waals surface area contributed by atoms with Gasteiger partial charge in [0.15, 0.2) is 0 Å². The summed E-state index contributed by atoms with van der Waals surface area (Å²) in [5, 5.41) is 0. The topological polar surface area (TPSA) is 42.4 Å². The molecule has 1 aromatic rings. The molecule has 0 aromatic carbocycles. The summed E-state index contributed by atoms with van der Waals surface area (Å²) in [5.41, 5.74) is 1.19. The van der Waals surface area contributed by atoms with Crippen LogP contribution in [0.2, 0.25) is 0 Å². The van der Waals surface area contributed by atoms with Gasteiger partial charge in [0.25, 0.3) is 0 Å². The van der Waals surface area contributed by atoms with E-state index in [1.807, 2.05) is 6.07 Å². The number of hydrogen-bond donors (Lipinski definition) is 0. The fourth-order valence-electron chi connectivity index (χ4n) is 3.67. The second-order valence-corrected chi connectivity index (χ2v) is 6.09. The lowest BCUT2D eigenvalue weighted by Gasteiger charge is -2.40. The molecule has 20 heavy (non-hydrogen) atoms. The first kappa shape index (κ1) is 13.4. The van der Waals surface area contributed by atoms with Gasteiger partial charge in [-0.25, -0.2) is 9.78 Å². The zero-order valence-electron chi connectivity index (χ0n) is 12.1. The van der Waals surface area contributed by atoms with Gasteiger partial charge in [0.1, 0.15) is 5.82 Å². The number of anilines is 1. The number of piperidine rings is 1. The van der Waals surface area contributed by atoms with Crippen LogP contribution in [0, 0.1) is 5.41 Å². The average Bonchev–Trinajstić information content (AvgIpc) is 2.95. The normalized spacial score (nSPS) is 21.1. The molecule has 2 heterocycles. The van der Waals surface area contributed by atoms with Crippen LogP contribution in [-0.2, 0) is 4.74 Å². The number of hydrogen-bond acceptors (Lipinski definition) is 4. The lowest BCUT2D eigenvalue weighted by atomic mass is 9.77. The maximum absolute atomic E-state index is 11.6. The van der Waals surface area contributed by atoms with Gasteiger partial charge in [0.05, 0.1) is 12.7 Å². The van der Waals surface area contributed by atoms with Crippen LogP contribution in [0.5, 0.6) is 0 Å². The van der Waals surface area contributed by atoms with Crippen LogP contribution in [0.4, 0.5) is 5.82 Å². The van der Waals surface area contributed by atoms with E-state index in [1.165, 1.54) is 45.6 Å². The van der Waals surface area contributed by atoms with Crippen molar-refractivity contribution in [1.29, 1.82) is 0 Å². The Morgan fingerprint density at radius 3 is 2.60 bits per heavy atom. The van der Waals surface area contributed by atoms with Crippen LogP contribution in [0.1, 0.15) is 48.9 Å². The quantitative estimate of drug-likeness (QED) is 0.777. The van der Waals surface area contributed by atoms with Crippen molar-refractivity contribution in [2.75, 3.05) is 25.1 Å². The Balaban J connectivity index is 1.70. The first-order chi connectivity index (χ1) is 9.72. The van der Waals surface area contributed by atoms with E-state index in [2.05, 4.69) is 9.88 Å². The highest BCUT2D eigenvalue weighted by Gasteiger charge is 2.37. The number of carbonyl (C=O) groups excluding carboxylic acids is 1. The van der Waals surface area contributed by atoms with E-state index in [0.717, 1.165) is 18.9 Å². The van der Waals surface area contributed by atoms with E-state index in [4.69, 9.17) is 4.74 Å². The molecule has 2 aliphatic rings. The molecule has 0 unspecified atom stereocenters. The largest absolute Gasteiger partial charge is 0.465 e. The van der Waals surface area contributed by atoms with Crippen molar-refractivity contribution in [2.24, 2.45) is 5.41 Å². The van der Waals surface area contributed by atoms with Gasteiger partial charge >= 0.3 is 5.97 Å². The smallest absolute Gasteiger partial charge is 0.338 e. The second-order valence-electron chi connectivity index (χ2n) is 6.09. The van der Waals surface area contributed by atoms with Crippen molar-refractivity contribution < 1.29 is 9.53 Å². The Morgan fingerprint density at radius 1 is 1.25 bits per heavy atom. The summed E-state index contributed by atoms with van der Waals surface area (Å²) in [6, 6.07) is 3.55. The van der Waals surface area contributed by atoms with E-state index in [1.54, 1.807) is 12.3 Å². The SMILES string of the molecule is COC(=O)c1ccnc(N2CCC3(CCCC3)CC2)c1. The van der Waals surface area contributed by atoms with Crippen molar-refractivity contribution in [1.82, 2.24) is 4.98 Å². The number of carbonyl (C=O) groups is 1. The summed E-state index contributed by atoms with van der Waals surface area (Å²) < 4.78 is 4.77. The van der Waals surface area contributed by atoms with Gasteiger partial charge in [-0.15, -0.1) is 0 Å². The minimum absolute atomic E-state index is 0.294. The number of ether oxygens (including phenoxy) is 1. The molecule has 3 rings (SSSR count). The van der Waals surface area contributed by atoms with Crippen LogP contribution in [0.3, 0.4) is 0 Å². The molecule has 1 aliphatic heterocycles. The van der Waals surface area contributed by atoms with Crippen molar-refractivity contribution in [3.63, 3.8) is 0 Å². The van der Waals surface area contributed by atoms with Gasteiger partial charge in [-0.2, -0.15) is 0 Å². The molecule has 0 radical (unpaired) electrons. The predicted octanol–water partition coefficient (Wildman–Crippen LogP) is 3.03. The van der Waals surface area contributed by atoms with Gasteiger partial charge in [0.2, 0.25) is 0 Å². The molecule has 1 aromatic heterocycles. The zero-order valence-corrected chi connectivity index (χ0v) is 12.1. The third kappa shape index (κ3) is 2.51. The van der Waals surface area contributed by atoms with E-state index in [9.17, 15) is 4.79 Å². The molecule has 0 amide bonds. The summed E-state index contributed by atoms with van der Waals surface area (Å²) in [4.78, 5) is 18.3. The van der Waals surface area contributed by atoms with Crippen LogP contribution < -0.4 is 4.90 Å². The van der Waals surface area contributed by atoms with Crippen molar-refractivity contribution in [2.45, 2.75) is 38.5 Å². The first-order valence-corrected chi connectivity index (χ1v) is 7.52. The fourth-order valence-corrected chi connectivity index (χ4v) is 3.67. The van der Waals surface area contributed by atoms with Gasteiger partial charge in [-0.3, -0.25) is 0 Å². The minimum Gasteiger partial charge on any atom is -0.465 e. The fraction of sp³-hybridized carbons (Fsp3) is 0.625. The number of methoxy groups -OCH3 is 1. The maximum Gasteiger partial charge on any atom is 0.338 e. The molecule has 0 bridgehead atoms. The Bertz CT molecular complexity index is 485.